The van der Waals surface area contributed by atoms with E-state index in [1.165, 1.54) is 5.56 Å². The summed E-state index contributed by atoms with van der Waals surface area (Å²) in [6.07, 6.45) is 0.958. The summed E-state index contributed by atoms with van der Waals surface area (Å²) in [5.74, 6) is 0.898. The molecule has 2 N–H and O–H groups in total. The van der Waals surface area contributed by atoms with Gasteiger partial charge in [-0.05, 0) is 51.4 Å². The third-order valence-corrected chi connectivity index (χ3v) is 3.84. The predicted molar refractivity (Wildman–Crippen MR) is 81.7 cm³/mol. The summed E-state index contributed by atoms with van der Waals surface area (Å²) in [4.78, 5) is 2.47. The van der Waals surface area contributed by atoms with Gasteiger partial charge >= 0.3 is 0 Å². The van der Waals surface area contributed by atoms with E-state index in [1.807, 2.05) is 12.1 Å². The molecule has 1 aromatic carbocycles. The minimum atomic E-state index is -0.00248. The van der Waals surface area contributed by atoms with Gasteiger partial charge in [0.05, 0.1) is 7.11 Å². The van der Waals surface area contributed by atoms with Crippen LogP contribution in [0.2, 0.25) is 0 Å². The summed E-state index contributed by atoms with van der Waals surface area (Å²) in [5, 5.41) is 0. The molecule has 1 rings (SSSR count). The molecule has 0 fully saturated rings. The average Bonchev–Trinajstić information content (AvgIpc) is 2.39. The van der Waals surface area contributed by atoms with Gasteiger partial charge in [-0.3, -0.25) is 4.90 Å². The van der Waals surface area contributed by atoms with E-state index < -0.39 is 0 Å². The van der Waals surface area contributed by atoms with Crippen molar-refractivity contribution in [3.8, 4) is 5.75 Å². The molecule has 1 atom stereocenters. The topological polar surface area (TPSA) is 38.5 Å². The highest BCUT2D eigenvalue weighted by molar-refractivity contribution is 5.28. The van der Waals surface area contributed by atoms with E-state index in [4.69, 9.17) is 10.5 Å². The summed E-state index contributed by atoms with van der Waals surface area (Å²) in [6.45, 7) is 10.6. The predicted octanol–water partition coefficient (Wildman–Crippen LogP) is 2.69. The third kappa shape index (κ3) is 3.95. The Morgan fingerprint density at radius 2 is 1.84 bits per heavy atom. The fraction of sp³-hybridized carbons (Fsp3) is 0.625. The first-order valence-electron chi connectivity index (χ1n) is 7.06. The summed E-state index contributed by atoms with van der Waals surface area (Å²) < 4.78 is 5.20. The molecule has 0 aliphatic carbocycles. The molecule has 0 aliphatic heterocycles. The second-order valence-electron chi connectivity index (χ2n) is 5.61. The number of methoxy groups -OCH3 is 1. The first-order valence-corrected chi connectivity index (χ1v) is 7.06. The molecule has 0 heterocycles. The number of ether oxygens (including phenoxy) is 1. The van der Waals surface area contributed by atoms with Crippen LogP contribution in [0.1, 0.15) is 33.3 Å². The van der Waals surface area contributed by atoms with Gasteiger partial charge in [-0.15, -0.1) is 0 Å². The van der Waals surface area contributed by atoms with Gasteiger partial charge in [-0.2, -0.15) is 0 Å². The Balaban J connectivity index is 2.89. The monoisotopic (exact) mass is 264 g/mol. The largest absolute Gasteiger partial charge is 0.497 e. The lowest BCUT2D eigenvalue weighted by molar-refractivity contribution is 0.0823. The smallest absolute Gasteiger partial charge is 0.118 e. The maximum absolute atomic E-state index is 6.06. The van der Waals surface area contributed by atoms with Crippen LogP contribution in [0.15, 0.2) is 24.3 Å². The van der Waals surface area contributed by atoms with Gasteiger partial charge < -0.3 is 10.5 Å². The van der Waals surface area contributed by atoms with Gasteiger partial charge in [0.2, 0.25) is 0 Å². The van der Waals surface area contributed by atoms with Crippen LogP contribution >= 0.6 is 0 Å². The number of hydrogen-bond acceptors (Lipinski definition) is 3. The Morgan fingerprint density at radius 3 is 2.21 bits per heavy atom. The lowest BCUT2D eigenvalue weighted by atomic mass is 9.89. The summed E-state index contributed by atoms with van der Waals surface area (Å²) in [6, 6.07) is 8.77. The quantitative estimate of drug-likeness (QED) is 0.823. The molecular formula is C16H28N2O. The van der Waals surface area contributed by atoms with Crippen molar-refractivity contribution in [2.24, 2.45) is 5.73 Å². The van der Waals surface area contributed by atoms with Crippen molar-refractivity contribution in [3.63, 3.8) is 0 Å². The van der Waals surface area contributed by atoms with Crippen LogP contribution in [0.5, 0.6) is 5.75 Å². The first kappa shape index (κ1) is 16.0. The normalized spacial score (nSPS) is 14.7. The van der Waals surface area contributed by atoms with E-state index in [2.05, 4.69) is 44.7 Å². The number of hydrogen-bond donors (Lipinski definition) is 1. The average molecular weight is 264 g/mol. The Bertz CT molecular complexity index is 375. The third-order valence-electron chi connectivity index (χ3n) is 3.84. The van der Waals surface area contributed by atoms with Crippen LogP contribution in [0.3, 0.4) is 0 Å². The zero-order valence-corrected chi connectivity index (χ0v) is 12.9. The Labute approximate surface area is 117 Å². The molecule has 0 saturated heterocycles. The van der Waals surface area contributed by atoms with Gasteiger partial charge in [0, 0.05) is 18.1 Å². The molecule has 108 valence electrons. The standard InChI is InChI=1S/C16H28N2O/c1-6-18(13(2)3)16(4,12-17)11-14-7-9-15(19-5)10-8-14/h7-10,13H,6,11-12,17H2,1-5H3. The highest BCUT2D eigenvalue weighted by atomic mass is 16.5. The van der Waals surface area contributed by atoms with E-state index >= 15 is 0 Å². The van der Waals surface area contributed by atoms with Crippen molar-refractivity contribution in [2.75, 3.05) is 20.2 Å². The van der Waals surface area contributed by atoms with Crippen LogP contribution in [0.25, 0.3) is 0 Å². The second-order valence-corrected chi connectivity index (χ2v) is 5.61. The molecule has 3 heteroatoms. The first-order chi connectivity index (χ1) is 8.96. The molecule has 0 radical (unpaired) electrons. The zero-order valence-electron chi connectivity index (χ0n) is 12.9. The van der Waals surface area contributed by atoms with Crippen LogP contribution in [0.4, 0.5) is 0 Å². The molecule has 0 amide bonds. The molecule has 19 heavy (non-hydrogen) atoms. The summed E-state index contributed by atoms with van der Waals surface area (Å²) in [5.41, 5.74) is 7.36. The van der Waals surface area contributed by atoms with Crippen molar-refractivity contribution < 1.29 is 4.74 Å². The van der Waals surface area contributed by atoms with Crippen LogP contribution in [-0.2, 0) is 6.42 Å². The van der Waals surface area contributed by atoms with Gasteiger partial charge in [0.1, 0.15) is 5.75 Å². The molecular weight excluding hydrogens is 236 g/mol. The van der Waals surface area contributed by atoms with Crippen molar-refractivity contribution >= 4 is 0 Å². The van der Waals surface area contributed by atoms with E-state index in [1.54, 1.807) is 7.11 Å². The van der Waals surface area contributed by atoms with Crippen LogP contribution in [-0.4, -0.2) is 36.7 Å². The maximum atomic E-state index is 6.06. The Hall–Kier alpha value is -1.06. The number of likely N-dealkylation sites (N-methyl/N-ethyl adjacent to an activating group) is 1. The van der Waals surface area contributed by atoms with Gasteiger partial charge in [0.15, 0.2) is 0 Å². The Morgan fingerprint density at radius 1 is 1.26 bits per heavy atom. The molecule has 0 spiro atoms. The van der Waals surface area contributed by atoms with Gasteiger partial charge in [0.25, 0.3) is 0 Å². The molecule has 1 aromatic rings. The lowest BCUT2D eigenvalue weighted by Crippen LogP contribution is -2.55. The maximum Gasteiger partial charge on any atom is 0.118 e. The number of nitrogens with two attached hydrogens (primary N) is 1. The van der Waals surface area contributed by atoms with E-state index in [0.29, 0.717) is 12.6 Å². The molecule has 3 nitrogen and oxygen atoms in total. The van der Waals surface area contributed by atoms with Crippen LogP contribution < -0.4 is 10.5 Å². The fourth-order valence-corrected chi connectivity index (χ4v) is 2.84. The number of benzene rings is 1. The zero-order chi connectivity index (χ0) is 14.5. The summed E-state index contributed by atoms with van der Waals surface area (Å²) >= 11 is 0. The lowest BCUT2D eigenvalue weighted by Gasteiger charge is -2.43. The van der Waals surface area contributed by atoms with Crippen molar-refractivity contribution in [1.82, 2.24) is 4.90 Å². The second kappa shape index (κ2) is 6.92. The molecule has 1 unspecified atom stereocenters. The fourth-order valence-electron chi connectivity index (χ4n) is 2.84. The minimum absolute atomic E-state index is 0.00248. The summed E-state index contributed by atoms with van der Waals surface area (Å²) in [7, 11) is 1.69. The number of rotatable bonds is 7. The van der Waals surface area contributed by atoms with Crippen molar-refractivity contribution in [1.29, 1.82) is 0 Å². The van der Waals surface area contributed by atoms with Gasteiger partial charge in [-0.25, -0.2) is 0 Å². The Kier molecular flexibility index (Phi) is 5.83. The molecule has 0 saturated carbocycles. The van der Waals surface area contributed by atoms with Crippen molar-refractivity contribution in [3.05, 3.63) is 29.8 Å². The van der Waals surface area contributed by atoms with E-state index in [9.17, 15) is 0 Å². The highest BCUT2D eigenvalue weighted by Gasteiger charge is 2.31. The highest BCUT2D eigenvalue weighted by Crippen LogP contribution is 2.23. The number of nitrogens with zero attached hydrogens (tertiary/aromatic N) is 1. The molecule has 0 aliphatic rings. The van der Waals surface area contributed by atoms with Crippen LogP contribution in [0, 0.1) is 0 Å². The van der Waals surface area contributed by atoms with Gasteiger partial charge in [-0.1, -0.05) is 19.1 Å². The molecule has 0 aromatic heterocycles. The minimum Gasteiger partial charge on any atom is -0.497 e. The van der Waals surface area contributed by atoms with E-state index in [0.717, 1.165) is 18.7 Å². The SMILES string of the molecule is CCN(C(C)C)C(C)(CN)Cc1ccc(OC)cc1. The molecule has 0 bridgehead atoms. The van der Waals surface area contributed by atoms with Crippen molar-refractivity contribution in [2.45, 2.75) is 45.7 Å². The van der Waals surface area contributed by atoms with E-state index in [-0.39, 0.29) is 5.54 Å².